The SMILES string of the molecule is CCOc1ccc(NC(=O)[C@H](C#N)Cc2cccnc2)cc1. The van der Waals surface area contributed by atoms with Gasteiger partial charge in [-0.15, -0.1) is 0 Å². The lowest BCUT2D eigenvalue weighted by Gasteiger charge is -2.11. The van der Waals surface area contributed by atoms with Gasteiger partial charge in [-0.1, -0.05) is 6.07 Å². The molecule has 2 aromatic rings. The molecule has 0 aliphatic heterocycles. The molecule has 1 aromatic carbocycles. The van der Waals surface area contributed by atoms with Crippen LogP contribution in [0.3, 0.4) is 0 Å². The highest BCUT2D eigenvalue weighted by Gasteiger charge is 2.18. The standard InChI is InChI=1S/C17H17N3O2/c1-2-22-16-7-5-15(6-8-16)20-17(21)14(11-18)10-13-4-3-9-19-12-13/h3-9,12,14H,2,10H2,1H3,(H,20,21)/t14-/m0/s1. The molecule has 0 saturated carbocycles. The number of nitrogens with one attached hydrogen (secondary N) is 1. The number of nitriles is 1. The van der Waals surface area contributed by atoms with Crippen LogP contribution in [-0.4, -0.2) is 17.5 Å². The van der Waals surface area contributed by atoms with Crippen LogP contribution in [0.2, 0.25) is 0 Å². The topological polar surface area (TPSA) is 75.0 Å². The Kier molecular flexibility index (Phi) is 5.50. The monoisotopic (exact) mass is 295 g/mol. The molecule has 1 N–H and O–H groups in total. The third-order valence-electron chi connectivity index (χ3n) is 3.07. The van der Waals surface area contributed by atoms with Crippen molar-refractivity contribution >= 4 is 11.6 Å². The van der Waals surface area contributed by atoms with Crippen LogP contribution in [0.5, 0.6) is 5.75 Å². The minimum atomic E-state index is -0.754. The van der Waals surface area contributed by atoms with Crippen LogP contribution < -0.4 is 10.1 Å². The number of anilines is 1. The van der Waals surface area contributed by atoms with Crippen LogP contribution in [-0.2, 0) is 11.2 Å². The molecule has 1 atom stereocenters. The average Bonchev–Trinajstić information content (AvgIpc) is 2.55. The fourth-order valence-electron chi connectivity index (χ4n) is 1.98. The molecular weight excluding hydrogens is 278 g/mol. The maximum atomic E-state index is 12.2. The fraction of sp³-hybridized carbons (Fsp3) is 0.235. The number of benzene rings is 1. The number of rotatable bonds is 6. The van der Waals surface area contributed by atoms with E-state index in [0.717, 1.165) is 11.3 Å². The summed E-state index contributed by atoms with van der Waals surface area (Å²) in [6, 6.07) is 12.7. The highest BCUT2D eigenvalue weighted by molar-refractivity contribution is 5.94. The summed E-state index contributed by atoms with van der Waals surface area (Å²) < 4.78 is 5.34. The first-order valence-electron chi connectivity index (χ1n) is 7.05. The highest BCUT2D eigenvalue weighted by atomic mass is 16.5. The summed E-state index contributed by atoms with van der Waals surface area (Å²) >= 11 is 0. The highest BCUT2D eigenvalue weighted by Crippen LogP contribution is 2.17. The maximum Gasteiger partial charge on any atom is 0.242 e. The van der Waals surface area contributed by atoms with Crippen LogP contribution in [0.15, 0.2) is 48.8 Å². The summed E-state index contributed by atoms with van der Waals surface area (Å²) in [6.07, 6.45) is 3.66. The number of carbonyl (C=O) groups is 1. The minimum Gasteiger partial charge on any atom is -0.494 e. The van der Waals surface area contributed by atoms with E-state index in [9.17, 15) is 10.1 Å². The van der Waals surface area contributed by atoms with Crippen molar-refractivity contribution in [1.29, 1.82) is 5.26 Å². The van der Waals surface area contributed by atoms with Gasteiger partial charge < -0.3 is 10.1 Å². The number of ether oxygens (including phenoxy) is 1. The lowest BCUT2D eigenvalue weighted by atomic mass is 10.0. The third-order valence-corrected chi connectivity index (χ3v) is 3.07. The zero-order valence-electron chi connectivity index (χ0n) is 12.3. The van der Waals surface area contributed by atoms with Crippen LogP contribution >= 0.6 is 0 Å². The van der Waals surface area contributed by atoms with E-state index in [2.05, 4.69) is 10.3 Å². The molecular formula is C17H17N3O2. The lowest BCUT2D eigenvalue weighted by Crippen LogP contribution is -2.23. The van der Waals surface area contributed by atoms with E-state index < -0.39 is 5.92 Å². The summed E-state index contributed by atoms with van der Waals surface area (Å²) in [5, 5.41) is 11.9. The Labute approximate surface area is 129 Å². The quantitative estimate of drug-likeness (QED) is 0.889. The molecule has 0 aliphatic carbocycles. The summed E-state index contributed by atoms with van der Waals surface area (Å²) in [7, 11) is 0. The second kappa shape index (κ2) is 7.79. The van der Waals surface area contributed by atoms with Gasteiger partial charge >= 0.3 is 0 Å². The first kappa shape index (κ1) is 15.5. The van der Waals surface area contributed by atoms with Crippen molar-refractivity contribution in [3.8, 4) is 11.8 Å². The zero-order chi connectivity index (χ0) is 15.8. The number of pyridine rings is 1. The van der Waals surface area contributed by atoms with Gasteiger partial charge in [-0.25, -0.2) is 0 Å². The Morgan fingerprint density at radius 2 is 2.14 bits per heavy atom. The molecule has 0 spiro atoms. The van der Waals surface area contributed by atoms with Gasteiger partial charge in [-0.2, -0.15) is 5.26 Å². The molecule has 1 aromatic heterocycles. The Balaban J connectivity index is 1.98. The van der Waals surface area contributed by atoms with E-state index in [1.165, 1.54) is 0 Å². The van der Waals surface area contributed by atoms with Crippen molar-refractivity contribution in [3.05, 3.63) is 54.4 Å². The molecule has 0 unspecified atom stereocenters. The number of carbonyl (C=O) groups excluding carboxylic acids is 1. The second-order valence-corrected chi connectivity index (χ2v) is 4.69. The molecule has 5 nitrogen and oxygen atoms in total. The second-order valence-electron chi connectivity index (χ2n) is 4.69. The van der Waals surface area contributed by atoms with Crippen molar-refractivity contribution in [2.75, 3.05) is 11.9 Å². The van der Waals surface area contributed by atoms with Gasteiger partial charge in [0.1, 0.15) is 11.7 Å². The molecule has 0 fully saturated rings. The van der Waals surface area contributed by atoms with Crippen molar-refractivity contribution in [2.24, 2.45) is 5.92 Å². The summed E-state index contributed by atoms with van der Waals surface area (Å²) in [4.78, 5) is 16.2. The van der Waals surface area contributed by atoms with E-state index in [0.29, 0.717) is 18.7 Å². The maximum absolute atomic E-state index is 12.2. The van der Waals surface area contributed by atoms with Crippen LogP contribution in [0.1, 0.15) is 12.5 Å². The molecule has 1 amide bonds. The summed E-state index contributed by atoms with van der Waals surface area (Å²) in [5.74, 6) is -0.334. The predicted molar refractivity (Wildman–Crippen MR) is 83.3 cm³/mol. The Hall–Kier alpha value is -2.87. The van der Waals surface area contributed by atoms with Crippen molar-refractivity contribution in [2.45, 2.75) is 13.3 Å². The van der Waals surface area contributed by atoms with Crippen molar-refractivity contribution in [1.82, 2.24) is 4.98 Å². The van der Waals surface area contributed by atoms with Gasteiger partial charge in [0.15, 0.2) is 0 Å². The van der Waals surface area contributed by atoms with E-state index in [-0.39, 0.29) is 5.91 Å². The smallest absolute Gasteiger partial charge is 0.242 e. The number of hydrogen-bond acceptors (Lipinski definition) is 4. The van der Waals surface area contributed by atoms with Crippen LogP contribution in [0.25, 0.3) is 0 Å². The number of aromatic nitrogens is 1. The fourth-order valence-corrected chi connectivity index (χ4v) is 1.98. The van der Waals surface area contributed by atoms with Crippen molar-refractivity contribution < 1.29 is 9.53 Å². The summed E-state index contributed by atoms with van der Waals surface area (Å²) in [6.45, 7) is 2.50. The molecule has 0 saturated heterocycles. The molecule has 0 bridgehead atoms. The van der Waals surface area contributed by atoms with E-state index in [1.807, 2.05) is 19.1 Å². The van der Waals surface area contributed by atoms with Gasteiger partial charge in [-0.05, 0) is 49.2 Å². The van der Waals surface area contributed by atoms with E-state index in [4.69, 9.17) is 4.74 Å². The van der Waals surface area contributed by atoms with E-state index in [1.54, 1.807) is 42.7 Å². The average molecular weight is 295 g/mol. The predicted octanol–water partition coefficient (Wildman–Crippen LogP) is 2.80. The third kappa shape index (κ3) is 4.32. The molecule has 1 heterocycles. The molecule has 2 rings (SSSR count). The molecule has 112 valence electrons. The van der Waals surface area contributed by atoms with Crippen molar-refractivity contribution in [3.63, 3.8) is 0 Å². The van der Waals surface area contributed by atoms with Crippen LogP contribution in [0, 0.1) is 17.2 Å². The molecule has 5 heteroatoms. The lowest BCUT2D eigenvalue weighted by molar-refractivity contribution is -0.118. The van der Waals surface area contributed by atoms with Gasteiger partial charge in [-0.3, -0.25) is 9.78 Å². The van der Waals surface area contributed by atoms with Gasteiger partial charge in [0.25, 0.3) is 0 Å². The Morgan fingerprint density at radius 1 is 1.36 bits per heavy atom. The molecule has 0 radical (unpaired) electrons. The number of amides is 1. The van der Waals surface area contributed by atoms with E-state index >= 15 is 0 Å². The normalized spacial score (nSPS) is 11.3. The van der Waals surface area contributed by atoms with Gasteiger partial charge in [0.05, 0.1) is 12.7 Å². The zero-order valence-corrected chi connectivity index (χ0v) is 12.3. The molecule has 0 aliphatic rings. The Morgan fingerprint density at radius 3 is 2.73 bits per heavy atom. The Bertz CT molecular complexity index is 648. The first-order chi connectivity index (χ1) is 10.7. The minimum absolute atomic E-state index is 0.324. The number of hydrogen-bond donors (Lipinski definition) is 1. The van der Waals surface area contributed by atoms with Gasteiger partial charge in [0.2, 0.25) is 5.91 Å². The number of nitrogens with zero attached hydrogens (tertiary/aromatic N) is 2. The largest absolute Gasteiger partial charge is 0.494 e. The summed E-state index contributed by atoms with van der Waals surface area (Å²) in [5.41, 5.74) is 1.50. The first-order valence-corrected chi connectivity index (χ1v) is 7.05. The van der Waals surface area contributed by atoms with Crippen LogP contribution in [0.4, 0.5) is 5.69 Å². The van der Waals surface area contributed by atoms with Gasteiger partial charge in [0, 0.05) is 18.1 Å². The molecule has 22 heavy (non-hydrogen) atoms.